The lowest BCUT2D eigenvalue weighted by Crippen LogP contribution is -2.59. The first-order valence-corrected chi connectivity index (χ1v) is 10.6. The Hall–Kier alpha value is -3.01. The van der Waals surface area contributed by atoms with E-state index in [4.69, 9.17) is 4.74 Å². The van der Waals surface area contributed by atoms with Gasteiger partial charge in [-0.1, -0.05) is 0 Å². The predicted octanol–water partition coefficient (Wildman–Crippen LogP) is 1.09. The van der Waals surface area contributed by atoms with E-state index in [-0.39, 0.29) is 46.5 Å². The number of amides is 2. The molecule has 1 aliphatic carbocycles. The predicted molar refractivity (Wildman–Crippen MR) is 109 cm³/mol. The van der Waals surface area contributed by atoms with Gasteiger partial charge in [-0.15, -0.1) is 0 Å². The summed E-state index contributed by atoms with van der Waals surface area (Å²) in [6.45, 7) is 2.15. The molecule has 2 aromatic heterocycles. The van der Waals surface area contributed by atoms with Crippen LogP contribution in [-0.4, -0.2) is 70.2 Å². The highest BCUT2D eigenvalue weighted by Gasteiger charge is 2.54. The van der Waals surface area contributed by atoms with Crippen LogP contribution in [0.2, 0.25) is 0 Å². The summed E-state index contributed by atoms with van der Waals surface area (Å²) in [6, 6.07) is 3.23. The van der Waals surface area contributed by atoms with Gasteiger partial charge in [0.25, 0.3) is 5.91 Å². The topological polar surface area (TPSA) is 112 Å². The number of nitrogens with one attached hydrogen (secondary N) is 3. The summed E-state index contributed by atoms with van der Waals surface area (Å²) in [4.78, 5) is 31.5. The van der Waals surface area contributed by atoms with Gasteiger partial charge < -0.3 is 20.3 Å². The van der Waals surface area contributed by atoms with Gasteiger partial charge in [-0.05, 0) is 31.7 Å². The third-order valence-electron chi connectivity index (χ3n) is 6.60. The normalized spacial score (nSPS) is 22.1. The van der Waals surface area contributed by atoms with Crippen LogP contribution in [-0.2, 0) is 4.79 Å². The van der Waals surface area contributed by atoms with Gasteiger partial charge >= 0.3 is 0 Å². The molecule has 164 valence electrons. The van der Waals surface area contributed by atoms with Gasteiger partial charge in [0.05, 0.1) is 25.0 Å². The van der Waals surface area contributed by atoms with Crippen molar-refractivity contribution in [3.63, 3.8) is 0 Å². The average molecular weight is 428 g/mol. The summed E-state index contributed by atoms with van der Waals surface area (Å²) in [5, 5.41) is 13.1. The zero-order valence-corrected chi connectivity index (χ0v) is 17.3. The Labute approximate surface area is 178 Å². The van der Waals surface area contributed by atoms with Crippen LogP contribution in [0.15, 0.2) is 18.3 Å². The van der Waals surface area contributed by atoms with Gasteiger partial charge in [0.1, 0.15) is 0 Å². The SMILES string of the molecule is COc1cc(-c2cc(C(=O)N3CCC(C(=O)NC4CNC4)CC34CC4)n[nH]2)c(F)cn1. The standard InChI is InChI=1S/C21H25FN6O3/c1-31-18-6-14(15(22)11-24-18)16-7-17(27-26-16)20(30)28-5-2-12(8-21(28)3-4-21)19(29)25-13-9-23-10-13/h6-7,11-13,23H,2-5,8-10H2,1H3,(H,25,29)(H,26,27). The van der Waals surface area contributed by atoms with E-state index in [1.54, 1.807) is 6.07 Å². The number of rotatable bonds is 5. The third kappa shape index (κ3) is 3.65. The van der Waals surface area contributed by atoms with E-state index in [9.17, 15) is 14.0 Å². The van der Waals surface area contributed by atoms with Crippen molar-refractivity contribution >= 4 is 11.8 Å². The summed E-state index contributed by atoms with van der Waals surface area (Å²) in [7, 11) is 1.45. The zero-order chi connectivity index (χ0) is 21.6. The molecule has 10 heteroatoms. The molecule has 1 atom stereocenters. The Morgan fingerprint density at radius 3 is 2.81 bits per heavy atom. The summed E-state index contributed by atoms with van der Waals surface area (Å²) in [6.07, 6.45) is 4.16. The molecule has 2 aromatic rings. The molecule has 0 aromatic carbocycles. The number of nitrogens with zero attached hydrogens (tertiary/aromatic N) is 3. The van der Waals surface area contributed by atoms with E-state index in [0.29, 0.717) is 25.1 Å². The first kappa shape index (κ1) is 19.9. The fraction of sp³-hybridized carbons (Fsp3) is 0.524. The van der Waals surface area contributed by atoms with E-state index >= 15 is 0 Å². The maximum absolute atomic E-state index is 14.2. The Balaban J connectivity index is 1.30. The van der Waals surface area contributed by atoms with Crippen molar-refractivity contribution in [2.75, 3.05) is 26.7 Å². The fourth-order valence-corrected chi connectivity index (χ4v) is 4.51. The molecule has 31 heavy (non-hydrogen) atoms. The van der Waals surface area contributed by atoms with Crippen molar-refractivity contribution in [3.8, 4) is 17.1 Å². The van der Waals surface area contributed by atoms with Crippen molar-refractivity contribution in [2.24, 2.45) is 5.92 Å². The highest BCUT2D eigenvalue weighted by molar-refractivity contribution is 5.94. The number of piperidine rings is 1. The molecule has 9 nitrogen and oxygen atoms in total. The quantitative estimate of drug-likeness (QED) is 0.657. The molecule has 2 saturated heterocycles. The Morgan fingerprint density at radius 1 is 1.32 bits per heavy atom. The third-order valence-corrected chi connectivity index (χ3v) is 6.60. The summed E-state index contributed by atoms with van der Waals surface area (Å²) >= 11 is 0. The van der Waals surface area contributed by atoms with E-state index in [2.05, 4.69) is 25.8 Å². The van der Waals surface area contributed by atoms with Crippen LogP contribution in [0.1, 0.15) is 36.2 Å². The van der Waals surface area contributed by atoms with Crippen LogP contribution >= 0.6 is 0 Å². The molecule has 0 radical (unpaired) electrons. The lowest BCUT2D eigenvalue weighted by molar-refractivity contribution is -0.128. The van der Waals surface area contributed by atoms with E-state index in [1.807, 2.05) is 4.90 Å². The Bertz CT molecular complexity index is 1020. The highest BCUT2D eigenvalue weighted by atomic mass is 19.1. The van der Waals surface area contributed by atoms with Gasteiger partial charge in [-0.25, -0.2) is 9.37 Å². The molecular formula is C21H25FN6O3. The van der Waals surface area contributed by atoms with E-state index < -0.39 is 5.82 Å². The molecule has 4 heterocycles. The minimum absolute atomic E-state index is 0.0692. The van der Waals surface area contributed by atoms with Gasteiger partial charge in [0.15, 0.2) is 11.5 Å². The van der Waals surface area contributed by atoms with Crippen LogP contribution in [0.4, 0.5) is 4.39 Å². The molecule has 2 aliphatic heterocycles. The lowest BCUT2D eigenvalue weighted by Gasteiger charge is -2.40. The fourth-order valence-electron chi connectivity index (χ4n) is 4.51. The lowest BCUT2D eigenvalue weighted by atomic mass is 9.87. The average Bonchev–Trinajstić information content (AvgIpc) is 3.32. The van der Waals surface area contributed by atoms with Gasteiger partial charge in [-0.3, -0.25) is 14.7 Å². The Kier molecular flexibility index (Phi) is 4.88. The number of methoxy groups -OCH3 is 1. The van der Waals surface area contributed by atoms with Gasteiger partial charge in [-0.2, -0.15) is 5.10 Å². The number of H-pyrrole nitrogens is 1. The molecular weight excluding hydrogens is 403 g/mol. The number of aromatic amines is 1. The zero-order valence-electron chi connectivity index (χ0n) is 17.3. The van der Waals surface area contributed by atoms with Crippen molar-refractivity contribution in [1.82, 2.24) is 30.7 Å². The molecule has 1 saturated carbocycles. The number of carbonyl (C=O) groups is 2. The largest absolute Gasteiger partial charge is 0.481 e. The van der Waals surface area contributed by atoms with Crippen molar-refractivity contribution < 1.29 is 18.7 Å². The molecule has 1 spiro atoms. The molecule has 0 bridgehead atoms. The number of aromatic nitrogens is 3. The van der Waals surface area contributed by atoms with Gasteiger partial charge in [0, 0.05) is 42.7 Å². The number of hydrogen-bond acceptors (Lipinski definition) is 6. The van der Waals surface area contributed by atoms with Crippen molar-refractivity contribution in [2.45, 2.75) is 37.3 Å². The minimum atomic E-state index is -0.532. The van der Waals surface area contributed by atoms with Crippen LogP contribution in [0.5, 0.6) is 5.88 Å². The molecule has 3 N–H and O–H groups in total. The van der Waals surface area contributed by atoms with Crippen LogP contribution < -0.4 is 15.4 Å². The number of hydrogen-bond donors (Lipinski definition) is 3. The minimum Gasteiger partial charge on any atom is -0.481 e. The first-order valence-electron chi connectivity index (χ1n) is 10.6. The number of pyridine rings is 1. The summed E-state index contributed by atoms with van der Waals surface area (Å²) in [5.41, 5.74) is 0.592. The Morgan fingerprint density at radius 2 is 2.13 bits per heavy atom. The molecule has 3 aliphatic rings. The molecule has 5 rings (SSSR count). The molecule has 1 unspecified atom stereocenters. The maximum Gasteiger partial charge on any atom is 0.274 e. The monoisotopic (exact) mass is 428 g/mol. The second kappa shape index (κ2) is 7.60. The van der Waals surface area contributed by atoms with Crippen LogP contribution in [0, 0.1) is 11.7 Å². The first-order chi connectivity index (χ1) is 15.0. The smallest absolute Gasteiger partial charge is 0.274 e. The van der Waals surface area contributed by atoms with Gasteiger partial charge in [0.2, 0.25) is 11.8 Å². The van der Waals surface area contributed by atoms with E-state index in [1.165, 1.54) is 13.2 Å². The number of ether oxygens (including phenoxy) is 1. The van der Waals surface area contributed by atoms with Crippen LogP contribution in [0.25, 0.3) is 11.3 Å². The van der Waals surface area contributed by atoms with E-state index in [0.717, 1.165) is 32.1 Å². The number of likely N-dealkylation sites (tertiary alicyclic amines) is 1. The molecule has 3 fully saturated rings. The highest BCUT2D eigenvalue weighted by Crippen LogP contribution is 2.50. The van der Waals surface area contributed by atoms with Crippen molar-refractivity contribution in [3.05, 3.63) is 29.8 Å². The molecule has 2 amide bonds. The number of halogens is 1. The summed E-state index contributed by atoms with van der Waals surface area (Å²) in [5.74, 6) is -0.428. The summed E-state index contributed by atoms with van der Waals surface area (Å²) < 4.78 is 19.3. The second-order valence-electron chi connectivity index (χ2n) is 8.61. The second-order valence-corrected chi connectivity index (χ2v) is 8.61. The number of carbonyl (C=O) groups excluding carboxylic acids is 2. The van der Waals surface area contributed by atoms with Crippen molar-refractivity contribution in [1.29, 1.82) is 0 Å². The maximum atomic E-state index is 14.2. The van der Waals surface area contributed by atoms with Crippen LogP contribution in [0.3, 0.4) is 0 Å².